The van der Waals surface area contributed by atoms with Crippen LogP contribution in [0.15, 0.2) is 60.9 Å². The second kappa shape index (κ2) is 5.05. The van der Waals surface area contributed by atoms with Gasteiger partial charge in [0, 0.05) is 0 Å². The number of phenolic OH excluding ortho intramolecular Hbond substituents is 1. The molecule has 4 nitrogen and oxygen atoms in total. The van der Waals surface area contributed by atoms with Crippen molar-refractivity contribution < 1.29 is 14.2 Å². The minimum Gasteiger partial charge on any atom is -0.506 e. The first-order valence-electron chi connectivity index (χ1n) is 5.99. The van der Waals surface area contributed by atoms with Gasteiger partial charge in [0.15, 0.2) is 5.75 Å². The fraction of sp³-hybridized carbons (Fsp3) is 0. The van der Waals surface area contributed by atoms with E-state index in [1.54, 1.807) is 30.5 Å². The van der Waals surface area contributed by atoms with Crippen LogP contribution in [0.4, 0.5) is 4.39 Å². The molecule has 2 aromatic carbocycles. The van der Waals surface area contributed by atoms with E-state index < -0.39 is 0 Å². The summed E-state index contributed by atoms with van der Waals surface area (Å²) in [5.74, 6) is 0.828. The SMILES string of the molecule is Oc1ccccc1-n1cc(Oc2ccc(F)cc2)cn1. The van der Waals surface area contributed by atoms with Crippen molar-refractivity contribution in [1.82, 2.24) is 9.78 Å². The summed E-state index contributed by atoms with van der Waals surface area (Å²) in [5, 5.41) is 13.9. The van der Waals surface area contributed by atoms with E-state index in [4.69, 9.17) is 4.74 Å². The third-order valence-corrected chi connectivity index (χ3v) is 2.74. The first kappa shape index (κ1) is 12.2. The summed E-state index contributed by atoms with van der Waals surface area (Å²) in [7, 11) is 0. The van der Waals surface area contributed by atoms with Crippen molar-refractivity contribution in [1.29, 1.82) is 0 Å². The molecule has 0 saturated carbocycles. The number of aromatic nitrogens is 2. The van der Waals surface area contributed by atoms with Crippen molar-refractivity contribution in [3.05, 3.63) is 66.7 Å². The maximum atomic E-state index is 12.8. The smallest absolute Gasteiger partial charge is 0.165 e. The molecule has 3 rings (SSSR count). The van der Waals surface area contributed by atoms with Gasteiger partial charge in [0.2, 0.25) is 0 Å². The normalized spacial score (nSPS) is 10.4. The number of hydrogen-bond acceptors (Lipinski definition) is 3. The summed E-state index contributed by atoms with van der Waals surface area (Å²) < 4.78 is 19.8. The van der Waals surface area contributed by atoms with Crippen molar-refractivity contribution in [3.63, 3.8) is 0 Å². The number of hydrogen-bond donors (Lipinski definition) is 1. The average Bonchev–Trinajstić information content (AvgIpc) is 2.90. The number of benzene rings is 2. The summed E-state index contributed by atoms with van der Waals surface area (Å²) in [5.41, 5.74) is 0.557. The lowest BCUT2D eigenvalue weighted by Crippen LogP contribution is -1.93. The predicted molar refractivity (Wildman–Crippen MR) is 71.7 cm³/mol. The topological polar surface area (TPSA) is 47.3 Å². The number of rotatable bonds is 3. The highest BCUT2D eigenvalue weighted by Gasteiger charge is 2.06. The number of para-hydroxylation sites is 2. The third kappa shape index (κ3) is 2.47. The van der Waals surface area contributed by atoms with Gasteiger partial charge in [-0.3, -0.25) is 0 Å². The van der Waals surface area contributed by atoms with Gasteiger partial charge in [-0.05, 0) is 36.4 Å². The van der Waals surface area contributed by atoms with Gasteiger partial charge in [-0.15, -0.1) is 0 Å². The second-order valence-electron chi connectivity index (χ2n) is 4.17. The molecule has 3 aromatic rings. The maximum Gasteiger partial charge on any atom is 0.165 e. The van der Waals surface area contributed by atoms with Crippen LogP contribution in [0.1, 0.15) is 0 Å². The van der Waals surface area contributed by atoms with Gasteiger partial charge < -0.3 is 9.84 Å². The molecule has 1 aromatic heterocycles. The van der Waals surface area contributed by atoms with E-state index in [1.807, 2.05) is 0 Å². The molecule has 0 amide bonds. The van der Waals surface area contributed by atoms with Gasteiger partial charge >= 0.3 is 0 Å². The maximum absolute atomic E-state index is 12.8. The molecule has 0 aliphatic heterocycles. The van der Waals surface area contributed by atoms with Crippen molar-refractivity contribution in [2.24, 2.45) is 0 Å². The molecule has 1 N–H and O–H groups in total. The number of aromatic hydroxyl groups is 1. The van der Waals surface area contributed by atoms with Crippen LogP contribution in [0.3, 0.4) is 0 Å². The number of halogens is 1. The number of ether oxygens (including phenoxy) is 1. The Bertz CT molecular complexity index is 723. The Balaban J connectivity index is 1.84. The Hall–Kier alpha value is -2.82. The molecule has 0 unspecified atom stereocenters. The van der Waals surface area contributed by atoms with Gasteiger partial charge in [0.25, 0.3) is 0 Å². The molecule has 0 fully saturated rings. The van der Waals surface area contributed by atoms with Gasteiger partial charge in [-0.25, -0.2) is 9.07 Å². The molecule has 5 heteroatoms. The predicted octanol–water partition coefficient (Wildman–Crippen LogP) is 3.51. The fourth-order valence-corrected chi connectivity index (χ4v) is 1.79. The molecule has 0 aliphatic rings. The molecule has 20 heavy (non-hydrogen) atoms. The fourth-order valence-electron chi connectivity index (χ4n) is 1.79. The van der Waals surface area contributed by atoms with Crippen LogP contribution in [0.2, 0.25) is 0 Å². The van der Waals surface area contributed by atoms with Crippen LogP contribution >= 0.6 is 0 Å². The highest BCUT2D eigenvalue weighted by molar-refractivity contribution is 5.45. The zero-order valence-electron chi connectivity index (χ0n) is 10.4. The van der Waals surface area contributed by atoms with Crippen molar-refractivity contribution >= 4 is 0 Å². The Kier molecular flexibility index (Phi) is 3.09. The van der Waals surface area contributed by atoms with E-state index >= 15 is 0 Å². The van der Waals surface area contributed by atoms with E-state index in [0.29, 0.717) is 17.2 Å². The number of phenols is 1. The van der Waals surface area contributed by atoms with Gasteiger partial charge in [0.05, 0.1) is 12.4 Å². The van der Waals surface area contributed by atoms with Crippen LogP contribution < -0.4 is 4.74 Å². The van der Waals surface area contributed by atoms with Crippen molar-refractivity contribution in [2.45, 2.75) is 0 Å². The lowest BCUT2D eigenvalue weighted by atomic mass is 10.3. The zero-order valence-corrected chi connectivity index (χ0v) is 10.4. The second-order valence-corrected chi connectivity index (χ2v) is 4.17. The van der Waals surface area contributed by atoms with E-state index in [9.17, 15) is 9.50 Å². The van der Waals surface area contributed by atoms with E-state index in [1.165, 1.54) is 35.1 Å². The van der Waals surface area contributed by atoms with Crippen LogP contribution in [0.5, 0.6) is 17.2 Å². The summed E-state index contributed by atoms with van der Waals surface area (Å²) in [6, 6.07) is 12.6. The van der Waals surface area contributed by atoms with E-state index in [-0.39, 0.29) is 11.6 Å². The molecule has 0 saturated heterocycles. The first-order valence-corrected chi connectivity index (χ1v) is 5.99. The standard InChI is InChI=1S/C15H11FN2O2/c16-11-5-7-12(8-6-11)20-13-9-17-18(10-13)14-3-1-2-4-15(14)19/h1-10,19H. The van der Waals surface area contributed by atoms with Gasteiger partial charge in [0.1, 0.15) is 23.0 Å². The summed E-state index contributed by atoms with van der Waals surface area (Å²) in [4.78, 5) is 0. The van der Waals surface area contributed by atoms with Crippen molar-refractivity contribution in [2.75, 3.05) is 0 Å². The zero-order chi connectivity index (χ0) is 13.9. The Labute approximate surface area is 114 Å². The van der Waals surface area contributed by atoms with Gasteiger partial charge in [-0.2, -0.15) is 5.10 Å². The Morgan fingerprint density at radius 2 is 1.75 bits per heavy atom. The molecule has 0 atom stereocenters. The average molecular weight is 270 g/mol. The quantitative estimate of drug-likeness (QED) is 0.792. The number of nitrogens with zero attached hydrogens (tertiary/aromatic N) is 2. The first-order chi connectivity index (χ1) is 9.72. The third-order valence-electron chi connectivity index (χ3n) is 2.74. The molecule has 0 radical (unpaired) electrons. The lowest BCUT2D eigenvalue weighted by molar-refractivity contribution is 0.469. The highest BCUT2D eigenvalue weighted by atomic mass is 19.1. The molecular weight excluding hydrogens is 259 g/mol. The Morgan fingerprint density at radius 1 is 1.00 bits per heavy atom. The Morgan fingerprint density at radius 3 is 2.50 bits per heavy atom. The van der Waals surface area contributed by atoms with Crippen LogP contribution in [0.25, 0.3) is 5.69 Å². The lowest BCUT2D eigenvalue weighted by Gasteiger charge is -2.03. The van der Waals surface area contributed by atoms with Crippen LogP contribution in [-0.2, 0) is 0 Å². The minimum atomic E-state index is -0.317. The largest absolute Gasteiger partial charge is 0.506 e. The molecule has 0 aliphatic carbocycles. The summed E-state index contributed by atoms with van der Waals surface area (Å²) in [6.07, 6.45) is 3.16. The molecule has 100 valence electrons. The summed E-state index contributed by atoms with van der Waals surface area (Å²) in [6.45, 7) is 0. The van der Waals surface area contributed by atoms with Crippen molar-refractivity contribution in [3.8, 4) is 22.9 Å². The monoisotopic (exact) mass is 270 g/mol. The van der Waals surface area contributed by atoms with Gasteiger partial charge in [-0.1, -0.05) is 12.1 Å². The molecule has 0 bridgehead atoms. The highest BCUT2D eigenvalue weighted by Crippen LogP contribution is 2.25. The molecule has 1 heterocycles. The van der Waals surface area contributed by atoms with E-state index in [0.717, 1.165) is 0 Å². The van der Waals surface area contributed by atoms with E-state index in [2.05, 4.69) is 5.10 Å². The molecule has 0 spiro atoms. The van der Waals surface area contributed by atoms with Crippen LogP contribution in [0, 0.1) is 5.82 Å². The minimum absolute atomic E-state index is 0.129. The molecular formula is C15H11FN2O2. The van der Waals surface area contributed by atoms with Crippen LogP contribution in [-0.4, -0.2) is 14.9 Å². The summed E-state index contributed by atoms with van der Waals surface area (Å²) >= 11 is 0.